The van der Waals surface area contributed by atoms with Crippen molar-refractivity contribution in [2.75, 3.05) is 20.1 Å². The Kier molecular flexibility index (Phi) is 12.4. The number of urea groups is 1. The highest BCUT2D eigenvalue weighted by molar-refractivity contribution is 6.04. The maximum Gasteiger partial charge on any atom is 0.324 e. The Morgan fingerprint density at radius 2 is 1.73 bits per heavy atom. The molecule has 0 aromatic heterocycles. The maximum absolute atomic E-state index is 13.2. The van der Waals surface area contributed by atoms with E-state index in [1.807, 2.05) is 24.3 Å². The normalized spacial score (nSPS) is 12.8. The van der Waals surface area contributed by atoms with Crippen molar-refractivity contribution in [2.45, 2.75) is 19.8 Å². The van der Waals surface area contributed by atoms with Crippen molar-refractivity contribution in [1.82, 2.24) is 15.7 Å². The molecular formula is C29H32FN3O4. The van der Waals surface area contributed by atoms with Crippen molar-refractivity contribution in [1.29, 1.82) is 0 Å². The molecule has 0 saturated carbocycles. The van der Waals surface area contributed by atoms with E-state index in [1.165, 1.54) is 19.2 Å². The van der Waals surface area contributed by atoms with Crippen LogP contribution in [0.3, 0.4) is 0 Å². The Labute approximate surface area is 216 Å². The highest BCUT2D eigenvalue weighted by Gasteiger charge is 2.18. The molecule has 0 radical (unpaired) electrons. The summed E-state index contributed by atoms with van der Waals surface area (Å²) in [6, 6.07) is 14.2. The first kappa shape index (κ1) is 29.1. The molecule has 1 aliphatic rings. The van der Waals surface area contributed by atoms with E-state index in [1.54, 1.807) is 65.8 Å². The van der Waals surface area contributed by atoms with E-state index in [2.05, 4.69) is 5.32 Å². The van der Waals surface area contributed by atoms with Gasteiger partial charge in [0.05, 0.1) is 0 Å². The van der Waals surface area contributed by atoms with E-state index in [9.17, 15) is 18.8 Å². The number of benzene rings is 2. The van der Waals surface area contributed by atoms with Gasteiger partial charge in [0.25, 0.3) is 5.91 Å². The predicted molar refractivity (Wildman–Crippen MR) is 142 cm³/mol. The minimum atomic E-state index is -0.501. The number of allylic oxidation sites excluding steroid dienone is 6. The Morgan fingerprint density at radius 1 is 1.05 bits per heavy atom. The second-order valence-electron chi connectivity index (χ2n) is 8.21. The van der Waals surface area contributed by atoms with Gasteiger partial charge in [-0.15, -0.1) is 0 Å². The molecule has 8 heteroatoms. The van der Waals surface area contributed by atoms with E-state index < -0.39 is 11.9 Å². The van der Waals surface area contributed by atoms with Crippen LogP contribution in [0.15, 0.2) is 102 Å². The van der Waals surface area contributed by atoms with E-state index in [0.29, 0.717) is 37.1 Å². The third-order valence-electron chi connectivity index (χ3n) is 5.30. The zero-order chi connectivity index (χ0) is 27.0. The van der Waals surface area contributed by atoms with Crippen molar-refractivity contribution in [3.8, 4) is 0 Å². The van der Waals surface area contributed by atoms with Crippen LogP contribution in [0.1, 0.15) is 29.3 Å². The third-order valence-corrected chi connectivity index (χ3v) is 5.30. The summed E-state index contributed by atoms with van der Waals surface area (Å²) in [7, 11) is 1.43. The highest BCUT2D eigenvalue weighted by Crippen LogP contribution is 2.15. The quantitative estimate of drug-likeness (QED) is 0.273. The Bertz CT molecular complexity index is 1170. The minimum Gasteiger partial charge on any atom is -0.320 e. The fourth-order valence-electron chi connectivity index (χ4n) is 3.43. The van der Waals surface area contributed by atoms with Crippen LogP contribution in [0, 0.1) is 5.82 Å². The average Bonchev–Trinajstić information content (AvgIpc) is 3.13. The summed E-state index contributed by atoms with van der Waals surface area (Å²) in [5.41, 5.74) is 5.48. The maximum atomic E-state index is 13.2. The Hall–Kier alpha value is -4.14. The van der Waals surface area contributed by atoms with Gasteiger partial charge in [-0.05, 0) is 72.4 Å². The van der Waals surface area contributed by atoms with Crippen LogP contribution in [-0.4, -0.2) is 48.5 Å². The monoisotopic (exact) mass is 505 g/mol. The molecule has 3 N–H and O–H groups in total. The van der Waals surface area contributed by atoms with Crippen LogP contribution >= 0.6 is 0 Å². The summed E-state index contributed by atoms with van der Waals surface area (Å²) < 4.78 is 13.2. The molecule has 37 heavy (non-hydrogen) atoms. The summed E-state index contributed by atoms with van der Waals surface area (Å²) in [4.78, 5) is 38.0. The van der Waals surface area contributed by atoms with E-state index >= 15 is 0 Å². The highest BCUT2D eigenvalue weighted by atomic mass is 19.1. The van der Waals surface area contributed by atoms with Gasteiger partial charge in [0, 0.05) is 25.7 Å². The van der Waals surface area contributed by atoms with Crippen molar-refractivity contribution in [2.24, 2.45) is 0 Å². The van der Waals surface area contributed by atoms with Gasteiger partial charge in [0.1, 0.15) is 12.1 Å². The van der Waals surface area contributed by atoms with Gasteiger partial charge in [-0.3, -0.25) is 14.9 Å². The van der Waals surface area contributed by atoms with E-state index in [4.69, 9.17) is 5.21 Å². The van der Waals surface area contributed by atoms with Gasteiger partial charge in [0.2, 0.25) is 0 Å². The molecule has 0 atom stereocenters. The van der Waals surface area contributed by atoms with Crippen LogP contribution in [-0.2, 0) is 11.2 Å². The first-order valence-corrected chi connectivity index (χ1v) is 11.8. The summed E-state index contributed by atoms with van der Waals surface area (Å²) in [6.07, 6.45) is 11.6. The number of nitrogens with one attached hydrogen (secondary N) is 2. The number of carbonyl (C=O) groups is 3. The van der Waals surface area contributed by atoms with Crippen LogP contribution in [0.5, 0.6) is 0 Å². The first-order valence-electron chi connectivity index (χ1n) is 11.8. The van der Waals surface area contributed by atoms with Crippen molar-refractivity contribution < 1.29 is 24.0 Å². The molecular weight excluding hydrogens is 473 g/mol. The Balaban J connectivity index is 0.00000153. The lowest BCUT2D eigenvalue weighted by atomic mass is 10.1. The third kappa shape index (κ3) is 10.6. The molecule has 2 aromatic carbocycles. The lowest BCUT2D eigenvalue weighted by molar-refractivity contribution is -0.104. The summed E-state index contributed by atoms with van der Waals surface area (Å²) >= 11 is 0. The molecule has 0 heterocycles. The molecule has 0 bridgehead atoms. The number of hydrogen-bond donors (Lipinski definition) is 3. The minimum absolute atomic E-state index is 0.295. The number of halogens is 1. The van der Waals surface area contributed by atoms with Crippen molar-refractivity contribution in [3.05, 3.63) is 119 Å². The number of amides is 3. The zero-order valence-electron chi connectivity index (χ0n) is 21.0. The number of carbonyl (C=O) groups excluding carboxylic acids is 3. The molecule has 0 saturated heterocycles. The van der Waals surface area contributed by atoms with E-state index in [0.717, 1.165) is 23.0 Å². The number of hydrogen-bond acceptors (Lipinski definition) is 5. The van der Waals surface area contributed by atoms with Crippen LogP contribution < -0.4 is 10.8 Å². The number of aldehydes is 1. The largest absolute Gasteiger partial charge is 0.324 e. The van der Waals surface area contributed by atoms with Crippen molar-refractivity contribution in [3.63, 3.8) is 0 Å². The molecule has 2 aromatic rings. The van der Waals surface area contributed by atoms with Crippen LogP contribution in [0.2, 0.25) is 0 Å². The molecule has 0 fully saturated rings. The van der Waals surface area contributed by atoms with Crippen molar-refractivity contribution >= 4 is 18.2 Å². The second-order valence-corrected chi connectivity index (χ2v) is 8.21. The molecule has 0 aliphatic heterocycles. The molecule has 3 amide bonds. The molecule has 0 spiro atoms. The lowest BCUT2D eigenvalue weighted by Crippen LogP contribution is -2.44. The van der Waals surface area contributed by atoms with Gasteiger partial charge in [-0.2, -0.15) is 0 Å². The van der Waals surface area contributed by atoms with E-state index in [-0.39, 0.29) is 5.82 Å². The lowest BCUT2D eigenvalue weighted by Gasteiger charge is -2.23. The number of rotatable bonds is 8. The molecule has 1 aliphatic carbocycles. The predicted octanol–water partition coefficient (Wildman–Crippen LogP) is 4.77. The second kappa shape index (κ2) is 15.8. The SMILES string of the molecule is C/C(C=O)=C\C1=CCC=C(CN(CCc2ccc(F)cc2)C(=O)NC(=O)c2ccccc2)C=C1.CNO. The smallest absolute Gasteiger partial charge is 0.320 e. The molecule has 7 nitrogen and oxygen atoms in total. The fourth-order valence-corrected chi connectivity index (χ4v) is 3.43. The number of imide groups is 1. The van der Waals surface area contributed by atoms with Gasteiger partial charge in [-0.1, -0.05) is 54.6 Å². The fraction of sp³-hybridized carbons (Fsp3) is 0.207. The standard InChI is InChI=1S/C28H27FN2O3.CH5NO/c1-21(20-32)18-23-6-5-7-24(11-10-23)19-31(17-16-22-12-14-26(29)15-13-22)28(34)30-27(33)25-8-3-2-4-9-25;1-2-3/h2-4,6-15,18,20H,5,16-17,19H2,1H3,(H,30,33,34);2-3H,1H3/b21-18+;. The number of nitrogens with zero attached hydrogens (tertiary/aromatic N) is 1. The van der Waals surface area contributed by atoms with Gasteiger partial charge in [-0.25, -0.2) is 14.7 Å². The van der Waals surface area contributed by atoms with Gasteiger partial charge in [0.15, 0.2) is 0 Å². The summed E-state index contributed by atoms with van der Waals surface area (Å²) in [5, 5.41) is 9.78. The molecule has 3 rings (SSSR count). The number of hydroxylamine groups is 1. The van der Waals surface area contributed by atoms with Gasteiger partial charge >= 0.3 is 6.03 Å². The van der Waals surface area contributed by atoms with Crippen LogP contribution in [0.4, 0.5) is 9.18 Å². The molecule has 194 valence electrons. The van der Waals surface area contributed by atoms with Crippen LogP contribution in [0.25, 0.3) is 0 Å². The van der Waals surface area contributed by atoms with Gasteiger partial charge < -0.3 is 10.1 Å². The summed E-state index contributed by atoms with van der Waals surface area (Å²) in [5.74, 6) is -0.788. The zero-order valence-corrected chi connectivity index (χ0v) is 21.0. The summed E-state index contributed by atoms with van der Waals surface area (Å²) in [6.45, 7) is 2.38. The topological polar surface area (TPSA) is 98.7 Å². The first-order chi connectivity index (χ1) is 17.9. The average molecular weight is 506 g/mol. The Morgan fingerprint density at radius 3 is 2.38 bits per heavy atom. The molecule has 0 unspecified atom stereocenters.